The molecule has 0 N–H and O–H groups in total. The van der Waals surface area contributed by atoms with Crippen LogP contribution < -0.4 is 0 Å². The molecule has 98 valence electrons. The summed E-state index contributed by atoms with van der Waals surface area (Å²) in [5.74, 6) is 0.530. The predicted octanol–water partition coefficient (Wildman–Crippen LogP) is 3.41. The first-order valence-corrected chi connectivity index (χ1v) is 8.77. The molecule has 2 saturated carbocycles. The average molecular weight is 329 g/mol. The number of fused-ring (bicyclic) bond motifs is 2. The minimum Gasteiger partial charge on any atom is -0.223 e. The minimum absolute atomic E-state index is 0.0256. The molecule has 0 amide bonds. The molecule has 0 radical (unpaired) electrons. The molecule has 1 aromatic carbocycles. The van der Waals surface area contributed by atoms with E-state index in [0.717, 1.165) is 19.3 Å². The maximum atomic E-state index is 12.7. The number of benzene rings is 1. The van der Waals surface area contributed by atoms with Gasteiger partial charge in [0, 0.05) is 4.32 Å². The lowest BCUT2D eigenvalue weighted by molar-refractivity contribution is 0.0710. The highest BCUT2D eigenvalue weighted by Crippen LogP contribution is 2.61. The maximum absolute atomic E-state index is 12.7. The summed E-state index contributed by atoms with van der Waals surface area (Å²) in [6.07, 6.45) is 3.21. The first-order valence-electron chi connectivity index (χ1n) is 6.43. The summed E-state index contributed by atoms with van der Waals surface area (Å²) < 4.78 is 25.4. The van der Waals surface area contributed by atoms with Gasteiger partial charge >= 0.3 is 0 Å². The summed E-state index contributed by atoms with van der Waals surface area (Å²) in [6, 6.07) is 8.89. The fourth-order valence-electron chi connectivity index (χ4n) is 3.73. The molecule has 0 heterocycles. The van der Waals surface area contributed by atoms with Gasteiger partial charge in [-0.1, -0.05) is 40.5 Å². The molecule has 2 atom stereocenters. The molecule has 2 bridgehead atoms. The van der Waals surface area contributed by atoms with Gasteiger partial charge in [0.05, 0.1) is 10.1 Å². The van der Waals surface area contributed by atoms with Gasteiger partial charge in [-0.25, -0.2) is 8.42 Å². The van der Waals surface area contributed by atoms with Crippen LogP contribution in [0.2, 0.25) is 0 Å². The van der Waals surface area contributed by atoms with E-state index in [2.05, 4.69) is 22.9 Å². The Hall–Kier alpha value is -0.350. The van der Waals surface area contributed by atoms with Crippen LogP contribution in [0.3, 0.4) is 0 Å². The quantitative estimate of drug-likeness (QED) is 0.779. The zero-order valence-corrected chi connectivity index (χ0v) is 12.7. The molecule has 2 fully saturated rings. The molecule has 2 aliphatic rings. The number of hydrogen-bond acceptors (Lipinski definition) is 2. The molecule has 0 aromatic heterocycles. The summed E-state index contributed by atoms with van der Waals surface area (Å²) in [7, 11) is -3.16. The highest BCUT2D eigenvalue weighted by atomic mass is 79.9. The number of rotatable bonds is 2. The Bertz CT molecular complexity index is 536. The van der Waals surface area contributed by atoms with Crippen LogP contribution in [0.15, 0.2) is 35.2 Å². The molecule has 18 heavy (non-hydrogen) atoms. The second-order valence-corrected chi connectivity index (χ2v) is 9.43. The third-order valence-corrected chi connectivity index (χ3v) is 8.18. The van der Waals surface area contributed by atoms with E-state index in [4.69, 9.17) is 0 Å². The van der Waals surface area contributed by atoms with Crippen molar-refractivity contribution in [2.24, 2.45) is 11.8 Å². The summed E-state index contributed by atoms with van der Waals surface area (Å²) in [4.78, 5) is 0.481. The molecule has 3 rings (SSSR count). The van der Waals surface area contributed by atoms with Crippen LogP contribution in [0, 0.1) is 11.8 Å². The Kier molecular flexibility index (Phi) is 2.87. The Balaban J connectivity index is 1.98. The monoisotopic (exact) mass is 328 g/mol. The molecular formula is C14H17BrO2S. The minimum atomic E-state index is -3.16. The van der Waals surface area contributed by atoms with Crippen molar-refractivity contribution >= 4 is 25.8 Å². The largest absolute Gasteiger partial charge is 0.223 e. The van der Waals surface area contributed by atoms with Gasteiger partial charge in [0.1, 0.15) is 0 Å². The molecule has 1 aromatic rings. The smallest absolute Gasteiger partial charge is 0.181 e. The SMILES string of the molecule is CC1(Br)[C@H]2CCC[C@H]1C2S(=O)(=O)c1ccccc1. The van der Waals surface area contributed by atoms with Crippen LogP contribution >= 0.6 is 15.9 Å². The standard InChI is InChI=1S/C14H17BrO2S/c1-14(15)11-8-5-9-12(14)13(11)18(16,17)10-6-3-2-4-7-10/h2-4,6-7,11-13H,5,8-9H2,1H3/t11-,12-,13?,14?/m0/s1. The average Bonchev–Trinajstić information content (AvgIpc) is 2.39. The lowest BCUT2D eigenvalue weighted by atomic mass is 9.57. The van der Waals surface area contributed by atoms with Crippen LogP contribution in [-0.4, -0.2) is 18.0 Å². The van der Waals surface area contributed by atoms with Crippen molar-refractivity contribution in [2.75, 3.05) is 0 Å². The molecule has 0 spiro atoms. The fraction of sp³-hybridized carbons (Fsp3) is 0.571. The van der Waals surface area contributed by atoms with Gasteiger partial charge < -0.3 is 0 Å². The number of sulfone groups is 1. The van der Waals surface area contributed by atoms with Gasteiger partial charge in [0.15, 0.2) is 9.84 Å². The van der Waals surface area contributed by atoms with Gasteiger partial charge in [-0.2, -0.15) is 0 Å². The van der Waals surface area contributed by atoms with Crippen LogP contribution in [0.1, 0.15) is 26.2 Å². The Labute approximate surface area is 117 Å². The summed E-state index contributed by atoms with van der Waals surface area (Å²) >= 11 is 3.75. The van der Waals surface area contributed by atoms with Crippen molar-refractivity contribution in [2.45, 2.75) is 40.7 Å². The Morgan fingerprint density at radius 2 is 1.72 bits per heavy atom. The highest BCUT2D eigenvalue weighted by molar-refractivity contribution is 9.10. The van der Waals surface area contributed by atoms with E-state index in [1.165, 1.54) is 0 Å². The van der Waals surface area contributed by atoms with Gasteiger partial charge in [-0.05, 0) is 43.7 Å². The van der Waals surface area contributed by atoms with Crippen LogP contribution in [0.5, 0.6) is 0 Å². The second-order valence-electron chi connectivity index (χ2n) is 5.62. The molecule has 4 heteroatoms. The van der Waals surface area contributed by atoms with Crippen molar-refractivity contribution in [3.8, 4) is 0 Å². The topological polar surface area (TPSA) is 34.1 Å². The van der Waals surface area contributed by atoms with Gasteiger partial charge in [-0.3, -0.25) is 0 Å². The van der Waals surface area contributed by atoms with Gasteiger partial charge in [-0.15, -0.1) is 0 Å². The zero-order valence-electron chi connectivity index (χ0n) is 10.3. The number of hydrogen-bond donors (Lipinski definition) is 0. The van der Waals surface area contributed by atoms with E-state index in [1.807, 2.05) is 6.07 Å². The molecular weight excluding hydrogens is 312 g/mol. The van der Waals surface area contributed by atoms with Crippen molar-refractivity contribution in [3.05, 3.63) is 30.3 Å². The highest BCUT2D eigenvalue weighted by Gasteiger charge is 2.63. The molecule has 2 nitrogen and oxygen atoms in total. The van der Waals surface area contributed by atoms with Crippen molar-refractivity contribution < 1.29 is 8.42 Å². The maximum Gasteiger partial charge on any atom is 0.181 e. The van der Waals surface area contributed by atoms with Crippen molar-refractivity contribution in [1.82, 2.24) is 0 Å². The molecule has 0 saturated heterocycles. The van der Waals surface area contributed by atoms with Crippen LogP contribution in [0.25, 0.3) is 0 Å². The van der Waals surface area contributed by atoms with E-state index in [1.54, 1.807) is 24.3 Å². The van der Waals surface area contributed by atoms with E-state index in [9.17, 15) is 8.42 Å². The Morgan fingerprint density at radius 3 is 2.22 bits per heavy atom. The Morgan fingerprint density at radius 1 is 1.17 bits per heavy atom. The fourth-order valence-corrected chi connectivity index (χ4v) is 7.66. The first kappa shape index (κ1) is 12.7. The third kappa shape index (κ3) is 1.61. The second kappa shape index (κ2) is 4.07. The summed E-state index contributed by atoms with van der Waals surface area (Å²) in [5, 5.41) is -0.182. The third-order valence-electron chi connectivity index (χ3n) is 4.70. The van der Waals surface area contributed by atoms with E-state index < -0.39 is 9.84 Å². The van der Waals surface area contributed by atoms with Crippen molar-refractivity contribution in [3.63, 3.8) is 0 Å². The normalized spacial score (nSPS) is 39.1. The van der Waals surface area contributed by atoms with E-state index >= 15 is 0 Å². The zero-order chi connectivity index (χ0) is 13.0. The van der Waals surface area contributed by atoms with Crippen molar-refractivity contribution in [1.29, 1.82) is 0 Å². The van der Waals surface area contributed by atoms with E-state index in [-0.39, 0.29) is 21.4 Å². The van der Waals surface area contributed by atoms with Crippen LogP contribution in [0.4, 0.5) is 0 Å². The summed E-state index contributed by atoms with van der Waals surface area (Å²) in [5.41, 5.74) is 0. The lowest BCUT2D eigenvalue weighted by Crippen LogP contribution is -2.65. The molecule has 2 aliphatic carbocycles. The summed E-state index contributed by atoms with van der Waals surface area (Å²) in [6.45, 7) is 2.15. The van der Waals surface area contributed by atoms with E-state index in [0.29, 0.717) is 4.90 Å². The lowest BCUT2D eigenvalue weighted by Gasteiger charge is -2.60. The van der Waals surface area contributed by atoms with Gasteiger partial charge in [0.2, 0.25) is 0 Å². The molecule has 0 aliphatic heterocycles. The molecule has 0 unspecified atom stereocenters. The predicted molar refractivity (Wildman–Crippen MR) is 75.6 cm³/mol. The number of halogens is 1. The number of alkyl halides is 1. The van der Waals surface area contributed by atoms with Gasteiger partial charge in [0.25, 0.3) is 0 Å². The first-order chi connectivity index (χ1) is 8.45. The van der Waals surface area contributed by atoms with Crippen LogP contribution in [-0.2, 0) is 9.84 Å².